The van der Waals surface area contributed by atoms with E-state index in [1.807, 2.05) is 24.3 Å². The molecular weight excluding hydrogens is 476 g/mol. The average Bonchev–Trinajstić information content (AvgIpc) is 3.21. The third-order valence-electron chi connectivity index (χ3n) is 5.31. The number of hydrogen-bond acceptors (Lipinski definition) is 7. The van der Waals surface area contributed by atoms with Crippen molar-refractivity contribution in [2.45, 2.75) is 50.4 Å². The standard InChI is InChI=1S/C22H30N6O6S/c1-11(19(30)28-17(10-35)22(33)34)26-21(32)16(6-7-18(24)29)27-20(31)14(23)8-12-9-25-15-5-3-2-4-13(12)15/h2-5,9,11,14,16-17,25,35H,6-8,10,23H2,1H3,(H2,24,29)(H,26,32)(H,27,31)(H,28,30)(H,33,34). The first-order valence-corrected chi connectivity index (χ1v) is 11.5. The number of carboxylic acids is 1. The van der Waals surface area contributed by atoms with Gasteiger partial charge in [0.05, 0.1) is 6.04 Å². The van der Waals surface area contributed by atoms with Gasteiger partial charge in [-0.1, -0.05) is 18.2 Å². The van der Waals surface area contributed by atoms with Gasteiger partial charge in [-0.05, 0) is 31.4 Å². The summed E-state index contributed by atoms with van der Waals surface area (Å²) < 4.78 is 0. The predicted molar refractivity (Wildman–Crippen MR) is 131 cm³/mol. The van der Waals surface area contributed by atoms with E-state index in [0.29, 0.717) is 0 Å². The van der Waals surface area contributed by atoms with Gasteiger partial charge in [0.2, 0.25) is 23.6 Å². The molecule has 9 N–H and O–H groups in total. The number of aliphatic carboxylic acids is 1. The highest BCUT2D eigenvalue weighted by Gasteiger charge is 2.28. The molecule has 0 saturated heterocycles. The van der Waals surface area contributed by atoms with E-state index in [4.69, 9.17) is 16.6 Å². The van der Waals surface area contributed by atoms with Crippen LogP contribution in [0.2, 0.25) is 0 Å². The maximum absolute atomic E-state index is 12.8. The predicted octanol–water partition coefficient (Wildman–Crippen LogP) is -1.21. The Bertz CT molecular complexity index is 1090. The molecule has 0 saturated carbocycles. The Morgan fingerprint density at radius 2 is 1.69 bits per heavy atom. The molecule has 0 fully saturated rings. The van der Waals surface area contributed by atoms with Gasteiger partial charge < -0.3 is 37.5 Å². The van der Waals surface area contributed by atoms with E-state index in [2.05, 4.69) is 33.6 Å². The summed E-state index contributed by atoms with van der Waals surface area (Å²) in [4.78, 5) is 63.2. The number of rotatable bonds is 13. The molecule has 4 unspecified atom stereocenters. The second-order valence-electron chi connectivity index (χ2n) is 8.05. The zero-order valence-electron chi connectivity index (χ0n) is 19.1. The summed E-state index contributed by atoms with van der Waals surface area (Å²) in [5.74, 6) is -4.23. The van der Waals surface area contributed by atoms with Crippen LogP contribution in [-0.4, -0.2) is 69.6 Å². The van der Waals surface area contributed by atoms with Crippen LogP contribution in [0.4, 0.5) is 0 Å². The summed E-state index contributed by atoms with van der Waals surface area (Å²) in [5.41, 5.74) is 13.0. The number of thiol groups is 1. The van der Waals surface area contributed by atoms with Gasteiger partial charge in [-0.2, -0.15) is 12.6 Å². The van der Waals surface area contributed by atoms with Gasteiger partial charge in [-0.25, -0.2) is 4.79 Å². The SMILES string of the molecule is CC(NC(=O)C(CCC(N)=O)NC(=O)C(N)Cc1c[nH]c2ccccc12)C(=O)NC(CS)C(=O)O. The highest BCUT2D eigenvalue weighted by atomic mass is 32.1. The van der Waals surface area contributed by atoms with E-state index in [9.17, 15) is 24.0 Å². The van der Waals surface area contributed by atoms with E-state index in [0.717, 1.165) is 16.5 Å². The van der Waals surface area contributed by atoms with E-state index in [-0.39, 0.29) is 25.0 Å². The molecule has 4 atom stereocenters. The Hall–Kier alpha value is -3.58. The number of primary amides is 1. The zero-order valence-corrected chi connectivity index (χ0v) is 20.0. The normalized spacial score (nSPS) is 14.4. The highest BCUT2D eigenvalue weighted by molar-refractivity contribution is 7.80. The van der Waals surface area contributed by atoms with Gasteiger partial charge >= 0.3 is 5.97 Å². The third-order valence-corrected chi connectivity index (χ3v) is 5.68. The van der Waals surface area contributed by atoms with Crippen LogP contribution in [0.15, 0.2) is 30.5 Å². The van der Waals surface area contributed by atoms with Crippen LogP contribution in [-0.2, 0) is 30.4 Å². The van der Waals surface area contributed by atoms with Crippen molar-refractivity contribution in [3.8, 4) is 0 Å². The molecule has 12 nitrogen and oxygen atoms in total. The monoisotopic (exact) mass is 506 g/mol. The van der Waals surface area contributed by atoms with Crippen LogP contribution >= 0.6 is 12.6 Å². The molecule has 0 radical (unpaired) electrons. The summed E-state index contributed by atoms with van der Waals surface area (Å²) in [6.45, 7) is 1.35. The number of aromatic amines is 1. The van der Waals surface area contributed by atoms with Crippen molar-refractivity contribution in [2.24, 2.45) is 11.5 Å². The summed E-state index contributed by atoms with van der Waals surface area (Å²) in [5, 5.41) is 17.1. The smallest absolute Gasteiger partial charge is 0.327 e. The zero-order chi connectivity index (χ0) is 26.1. The number of amides is 4. The Morgan fingerprint density at radius 1 is 1.03 bits per heavy atom. The van der Waals surface area contributed by atoms with Crippen molar-refractivity contribution >= 4 is 53.1 Å². The van der Waals surface area contributed by atoms with Crippen molar-refractivity contribution in [3.63, 3.8) is 0 Å². The maximum Gasteiger partial charge on any atom is 0.327 e. The lowest BCUT2D eigenvalue weighted by molar-refractivity contribution is -0.141. The fraction of sp³-hybridized carbons (Fsp3) is 0.409. The molecule has 0 spiro atoms. The number of carboxylic acid groups (broad SMARTS) is 1. The first kappa shape index (κ1) is 27.7. The molecule has 2 rings (SSSR count). The quantitative estimate of drug-likeness (QED) is 0.155. The molecule has 1 aromatic heterocycles. The minimum atomic E-state index is -1.28. The average molecular weight is 507 g/mol. The molecule has 0 bridgehead atoms. The van der Waals surface area contributed by atoms with Crippen LogP contribution in [0.1, 0.15) is 25.3 Å². The number of para-hydroxylation sites is 1. The number of H-pyrrole nitrogens is 1. The van der Waals surface area contributed by atoms with Gasteiger partial charge in [0.15, 0.2) is 0 Å². The molecule has 190 valence electrons. The topological polar surface area (TPSA) is 209 Å². The molecule has 2 aromatic rings. The first-order chi connectivity index (χ1) is 16.5. The number of carbonyl (C=O) groups is 5. The van der Waals surface area contributed by atoms with E-state index >= 15 is 0 Å². The number of hydrogen-bond donors (Lipinski definition) is 8. The third kappa shape index (κ3) is 8.00. The van der Waals surface area contributed by atoms with Crippen molar-refractivity contribution < 1.29 is 29.1 Å². The molecule has 0 aliphatic carbocycles. The van der Waals surface area contributed by atoms with Crippen LogP contribution in [0.5, 0.6) is 0 Å². The number of nitrogens with two attached hydrogens (primary N) is 2. The number of benzene rings is 1. The number of fused-ring (bicyclic) bond motifs is 1. The molecular formula is C22H30N6O6S. The molecule has 1 heterocycles. The second kappa shape index (κ2) is 12.8. The molecule has 0 aliphatic heterocycles. The van der Waals surface area contributed by atoms with Crippen molar-refractivity contribution in [1.29, 1.82) is 0 Å². The van der Waals surface area contributed by atoms with E-state index in [1.165, 1.54) is 6.92 Å². The largest absolute Gasteiger partial charge is 0.480 e. The van der Waals surface area contributed by atoms with Gasteiger partial charge in [0, 0.05) is 29.3 Å². The van der Waals surface area contributed by atoms with Crippen molar-refractivity contribution in [3.05, 3.63) is 36.0 Å². The highest BCUT2D eigenvalue weighted by Crippen LogP contribution is 2.18. The summed E-state index contributed by atoms with van der Waals surface area (Å²) in [6, 6.07) is 2.96. The number of aromatic nitrogens is 1. The maximum atomic E-state index is 12.8. The van der Waals surface area contributed by atoms with Gasteiger partial charge in [0.1, 0.15) is 18.1 Å². The number of nitrogens with one attached hydrogen (secondary N) is 4. The fourth-order valence-electron chi connectivity index (χ4n) is 3.33. The molecule has 13 heteroatoms. The van der Waals surface area contributed by atoms with E-state index < -0.39 is 53.8 Å². The Balaban J connectivity index is 2.04. The Morgan fingerprint density at radius 3 is 2.31 bits per heavy atom. The minimum Gasteiger partial charge on any atom is -0.480 e. The summed E-state index contributed by atoms with van der Waals surface area (Å²) >= 11 is 3.87. The lowest BCUT2D eigenvalue weighted by atomic mass is 10.0. The van der Waals surface area contributed by atoms with Gasteiger partial charge in [-0.3, -0.25) is 19.2 Å². The summed E-state index contributed by atoms with van der Waals surface area (Å²) in [6.07, 6.45) is 1.64. The lowest BCUT2D eigenvalue weighted by Gasteiger charge is -2.23. The second-order valence-corrected chi connectivity index (χ2v) is 8.41. The van der Waals surface area contributed by atoms with Gasteiger partial charge in [-0.15, -0.1) is 0 Å². The first-order valence-electron chi connectivity index (χ1n) is 10.9. The molecule has 1 aromatic carbocycles. The van der Waals surface area contributed by atoms with E-state index in [1.54, 1.807) is 6.20 Å². The molecule has 0 aliphatic rings. The number of carbonyl (C=O) groups excluding carboxylic acids is 4. The Kier molecular flexibility index (Phi) is 10.1. The molecule has 35 heavy (non-hydrogen) atoms. The summed E-state index contributed by atoms with van der Waals surface area (Å²) in [7, 11) is 0. The Labute approximate surface area is 207 Å². The molecule has 4 amide bonds. The lowest BCUT2D eigenvalue weighted by Crippen LogP contribution is -2.56. The van der Waals surface area contributed by atoms with Crippen molar-refractivity contribution in [2.75, 3.05) is 5.75 Å². The van der Waals surface area contributed by atoms with Crippen LogP contribution in [0.25, 0.3) is 10.9 Å². The van der Waals surface area contributed by atoms with Crippen molar-refractivity contribution in [1.82, 2.24) is 20.9 Å². The minimum absolute atomic E-state index is 0.116. The van der Waals surface area contributed by atoms with Crippen LogP contribution in [0, 0.1) is 0 Å². The van der Waals surface area contributed by atoms with Crippen LogP contribution in [0.3, 0.4) is 0 Å². The van der Waals surface area contributed by atoms with Gasteiger partial charge in [0.25, 0.3) is 0 Å². The fourth-order valence-corrected chi connectivity index (χ4v) is 3.57. The van der Waals surface area contributed by atoms with Crippen LogP contribution < -0.4 is 27.4 Å².